The highest BCUT2D eigenvalue weighted by atomic mass is 16.6. The Morgan fingerprint density at radius 2 is 1.89 bits per heavy atom. The second-order valence-corrected chi connectivity index (χ2v) is 5.06. The van der Waals surface area contributed by atoms with Crippen LogP contribution < -0.4 is 0 Å². The Labute approximate surface area is 116 Å². The predicted molar refractivity (Wildman–Crippen MR) is 75.0 cm³/mol. The van der Waals surface area contributed by atoms with E-state index in [4.69, 9.17) is 17.3 Å². The Morgan fingerprint density at radius 1 is 1.26 bits per heavy atom. The topological polar surface area (TPSA) is 38.7 Å². The van der Waals surface area contributed by atoms with Gasteiger partial charge in [-0.25, -0.2) is 0 Å². The molecule has 3 nitrogen and oxygen atoms in total. The van der Waals surface area contributed by atoms with Crippen molar-refractivity contribution in [2.75, 3.05) is 0 Å². The number of aliphatic hydroxyl groups excluding tert-OH is 1. The highest BCUT2D eigenvalue weighted by Gasteiger charge is 2.51. The summed E-state index contributed by atoms with van der Waals surface area (Å²) in [5, 5.41) is 10.2. The molecule has 19 heavy (non-hydrogen) atoms. The lowest BCUT2D eigenvalue weighted by Crippen LogP contribution is -2.44. The van der Waals surface area contributed by atoms with Gasteiger partial charge >= 0.3 is 0 Å². The van der Waals surface area contributed by atoms with Crippen molar-refractivity contribution in [3.05, 3.63) is 35.9 Å². The Hall–Kier alpha value is -0.835. The number of ether oxygens (including phenoxy) is 2. The second-order valence-electron chi connectivity index (χ2n) is 5.06. The van der Waals surface area contributed by atoms with Crippen molar-refractivity contribution < 1.29 is 14.6 Å². The number of hydrogen-bond acceptors (Lipinski definition) is 3. The molecule has 102 valence electrons. The summed E-state index contributed by atoms with van der Waals surface area (Å²) in [6, 6.07) is 9.25. The van der Waals surface area contributed by atoms with Crippen LogP contribution in [0.3, 0.4) is 0 Å². The van der Waals surface area contributed by atoms with Crippen LogP contribution in [0.1, 0.15) is 32.3 Å². The van der Waals surface area contributed by atoms with Gasteiger partial charge in [-0.1, -0.05) is 44.2 Å². The van der Waals surface area contributed by atoms with Crippen molar-refractivity contribution in [1.82, 2.24) is 0 Å². The largest absolute Gasteiger partial charge is 0.388 e. The Bertz CT molecular complexity index is 392. The molecule has 1 fully saturated rings. The predicted octanol–water partition coefficient (Wildman–Crippen LogP) is 2.02. The first-order valence-electron chi connectivity index (χ1n) is 6.90. The van der Waals surface area contributed by atoms with Gasteiger partial charge in [0.05, 0.1) is 12.2 Å². The summed E-state index contributed by atoms with van der Waals surface area (Å²) in [4.78, 5) is 0. The number of benzene rings is 1. The molecule has 0 aliphatic carbocycles. The minimum absolute atomic E-state index is 0.377. The molecule has 1 heterocycles. The third-order valence-electron chi connectivity index (χ3n) is 4.01. The molecule has 3 atom stereocenters. The summed E-state index contributed by atoms with van der Waals surface area (Å²) in [6.45, 7) is 4.53. The molecule has 2 radical (unpaired) electrons. The third kappa shape index (κ3) is 2.86. The quantitative estimate of drug-likeness (QED) is 0.823. The van der Waals surface area contributed by atoms with E-state index >= 15 is 0 Å². The van der Waals surface area contributed by atoms with E-state index in [0.29, 0.717) is 6.61 Å². The van der Waals surface area contributed by atoms with Crippen LogP contribution in [0.15, 0.2) is 30.3 Å². The summed E-state index contributed by atoms with van der Waals surface area (Å²) >= 11 is 0. The molecule has 0 amide bonds. The molecule has 4 heteroatoms. The van der Waals surface area contributed by atoms with Crippen LogP contribution >= 0.6 is 0 Å². The van der Waals surface area contributed by atoms with Gasteiger partial charge in [-0.3, -0.25) is 0 Å². The minimum Gasteiger partial charge on any atom is -0.388 e. The summed E-state index contributed by atoms with van der Waals surface area (Å²) in [6.07, 6.45) is 0.392. The molecule has 0 bridgehead atoms. The van der Waals surface area contributed by atoms with E-state index in [-0.39, 0.29) is 6.10 Å². The zero-order chi connectivity index (χ0) is 13.9. The van der Waals surface area contributed by atoms with Crippen molar-refractivity contribution in [3.8, 4) is 0 Å². The molecule has 1 saturated heterocycles. The van der Waals surface area contributed by atoms with Crippen LogP contribution in [-0.2, 0) is 16.1 Å². The van der Waals surface area contributed by atoms with E-state index in [0.717, 1.165) is 18.4 Å². The van der Waals surface area contributed by atoms with Crippen molar-refractivity contribution >= 4 is 7.85 Å². The van der Waals surface area contributed by atoms with Crippen molar-refractivity contribution in [3.63, 3.8) is 0 Å². The SMILES string of the molecule is [B][C@@H]1OC(CC)(CC)[C@@H](OCc2ccccc2)[C@H]1O. The molecule has 2 rings (SSSR count). The summed E-state index contributed by atoms with van der Waals surface area (Å²) in [7, 11) is 5.81. The van der Waals surface area contributed by atoms with Crippen molar-refractivity contribution in [2.24, 2.45) is 0 Å². The maximum atomic E-state index is 10.2. The number of hydrogen-bond donors (Lipinski definition) is 1. The van der Waals surface area contributed by atoms with Gasteiger partial charge < -0.3 is 14.6 Å². The fraction of sp³-hybridized carbons (Fsp3) is 0.600. The minimum atomic E-state index is -0.774. The standard InChI is InChI=1S/C15H21BO3/c1-3-15(4-2)13(12(17)14(16)19-15)18-10-11-8-6-5-7-9-11/h5-9,12-14,17H,3-4,10H2,1-2H3/t12-,13+,14-/m1/s1. The van der Waals surface area contributed by atoms with Crippen molar-refractivity contribution in [1.29, 1.82) is 0 Å². The monoisotopic (exact) mass is 260 g/mol. The van der Waals surface area contributed by atoms with Gasteiger partial charge in [0.1, 0.15) is 20.1 Å². The summed E-state index contributed by atoms with van der Waals surface area (Å²) in [5.74, 6) is 0. The molecule has 0 saturated carbocycles. The fourth-order valence-electron chi connectivity index (χ4n) is 2.72. The average Bonchev–Trinajstić information content (AvgIpc) is 2.70. The lowest BCUT2D eigenvalue weighted by atomic mass is 9.86. The Balaban J connectivity index is 2.08. The first-order valence-corrected chi connectivity index (χ1v) is 6.90. The molecule has 0 aromatic heterocycles. The highest BCUT2D eigenvalue weighted by molar-refractivity contribution is 6.11. The lowest BCUT2D eigenvalue weighted by molar-refractivity contribution is -0.110. The van der Waals surface area contributed by atoms with E-state index in [1.807, 2.05) is 44.2 Å². The number of aliphatic hydroxyl groups is 1. The van der Waals surface area contributed by atoms with E-state index in [1.165, 1.54) is 0 Å². The molecular formula is C15H21BO3. The van der Waals surface area contributed by atoms with Gasteiger partial charge in [0.15, 0.2) is 0 Å². The maximum Gasteiger partial charge on any atom is 0.114 e. The van der Waals surface area contributed by atoms with Crippen LogP contribution in [0.25, 0.3) is 0 Å². The average molecular weight is 260 g/mol. The summed E-state index contributed by atoms with van der Waals surface area (Å²) < 4.78 is 11.7. The molecule has 0 spiro atoms. The molecular weight excluding hydrogens is 239 g/mol. The molecule has 1 aromatic carbocycles. The zero-order valence-electron chi connectivity index (χ0n) is 11.6. The first-order chi connectivity index (χ1) is 9.13. The van der Waals surface area contributed by atoms with Gasteiger partial charge in [-0.15, -0.1) is 0 Å². The van der Waals surface area contributed by atoms with Gasteiger partial charge in [0, 0.05) is 6.00 Å². The van der Waals surface area contributed by atoms with Crippen molar-refractivity contribution in [2.45, 2.75) is 57.1 Å². The second kappa shape index (κ2) is 6.08. The summed E-state index contributed by atoms with van der Waals surface area (Å²) in [5.41, 5.74) is 0.601. The molecule has 1 aromatic rings. The van der Waals surface area contributed by atoms with Crippen LogP contribution in [0.4, 0.5) is 0 Å². The Kier molecular flexibility index (Phi) is 4.66. The molecule has 0 unspecified atom stereocenters. The van der Waals surface area contributed by atoms with Gasteiger partial charge in [0.25, 0.3) is 0 Å². The maximum absolute atomic E-state index is 10.2. The fourth-order valence-corrected chi connectivity index (χ4v) is 2.72. The van der Waals surface area contributed by atoms with Crippen LogP contribution in [0, 0.1) is 0 Å². The third-order valence-corrected chi connectivity index (χ3v) is 4.01. The van der Waals surface area contributed by atoms with Gasteiger partial charge in [-0.05, 0) is 18.4 Å². The van der Waals surface area contributed by atoms with Gasteiger partial charge in [-0.2, -0.15) is 0 Å². The number of rotatable bonds is 5. The molecule has 1 aliphatic rings. The zero-order valence-corrected chi connectivity index (χ0v) is 11.6. The Morgan fingerprint density at radius 3 is 2.47 bits per heavy atom. The first kappa shape index (κ1) is 14.6. The van der Waals surface area contributed by atoms with Crippen LogP contribution in [-0.4, -0.2) is 36.8 Å². The molecule has 1 aliphatic heterocycles. The van der Waals surface area contributed by atoms with E-state index in [1.54, 1.807) is 0 Å². The van der Waals surface area contributed by atoms with Crippen LogP contribution in [0.5, 0.6) is 0 Å². The normalized spacial score (nSPS) is 29.5. The van der Waals surface area contributed by atoms with E-state index in [9.17, 15) is 5.11 Å². The lowest BCUT2D eigenvalue weighted by Gasteiger charge is -2.33. The van der Waals surface area contributed by atoms with E-state index < -0.39 is 17.7 Å². The molecule has 1 N–H and O–H groups in total. The highest BCUT2D eigenvalue weighted by Crippen LogP contribution is 2.38. The van der Waals surface area contributed by atoms with Gasteiger partial charge in [0.2, 0.25) is 0 Å². The smallest absolute Gasteiger partial charge is 0.114 e. The van der Waals surface area contributed by atoms with E-state index in [2.05, 4.69) is 0 Å². The van der Waals surface area contributed by atoms with Crippen LogP contribution in [0.2, 0.25) is 0 Å².